The van der Waals surface area contributed by atoms with E-state index in [2.05, 4.69) is 10.3 Å². The number of rotatable bonds is 5. The van der Waals surface area contributed by atoms with Crippen molar-refractivity contribution in [2.24, 2.45) is 0 Å². The third-order valence-electron chi connectivity index (χ3n) is 3.72. The first-order valence-corrected chi connectivity index (χ1v) is 7.16. The topological polar surface area (TPSA) is 82.2 Å². The average Bonchev–Trinajstić information content (AvgIpc) is 2.74. The average molecular weight is 300 g/mol. The summed E-state index contributed by atoms with van der Waals surface area (Å²) in [6, 6.07) is 7.56. The third kappa shape index (κ3) is 3.55. The number of carbonyl (C=O) groups is 2. The molecular weight excluding hydrogens is 280 g/mol. The van der Waals surface area contributed by atoms with Gasteiger partial charge < -0.3 is 15.4 Å². The van der Waals surface area contributed by atoms with Crippen molar-refractivity contribution in [2.45, 2.75) is 33.6 Å². The maximum atomic E-state index is 12.4. The summed E-state index contributed by atoms with van der Waals surface area (Å²) in [5.74, 6) is -1.06. The number of aromatic amines is 1. The van der Waals surface area contributed by atoms with Gasteiger partial charge in [-0.1, -0.05) is 17.7 Å². The van der Waals surface area contributed by atoms with Gasteiger partial charge in [0.1, 0.15) is 5.69 Å². The molecule has 0 aliphatic rings. The van der Waals surface area contributed by atoms with E-state index in [1.165, 1.54) is 0 Å². The number of carboxylic acids is 1. The van der Waals surface area contributed by atoms with Crippen LogP contribution in [0.25, 0.3) is 0 Å². The molecule has 116 valence electrons. The van der Waals surface area contributed by atoms with Gasteiger partial charge in [0, 0.05) is 17.8 Å². The number of benzene rings is 1. The van der Waals surface area contributed by atoms with Crippen LogP contribution in [0.4, 0.5) is 5.69 Å². The number of aromatic nitrogens is 1. The molecule has 3 N–H and O–H groups in total. The number of carboxylic acid groups (broad SMARTS) is 1. The van der Waals surface area contributed by atoms with Crippen LogP contribution in [-0.4, -0.2) is 22.0 Å². The van der Waals surface area contributed by atoms with Gasteiger partial charge in [-0.3, -0.25) is 9.59 Å². The summed E-state index contributed by atoms with van der Waals surface area (Å²) in [6.45, 7) is 5.68. The van der Waals surface area contributed by atoms with Gasteiger partial charge in [0.25, 0.3) is 5.91 Å². The lowest BCUT2D eigenvalue weighted by Gasteiger charge is -2.05. The molecule has 5 nitrogen and oxygen atoms in total. The Morgan fingerprint density at radius 2 is 1.77 bits per heavy atom. The lowest BCUT2D eigenvalue weighted by atomic mass is 10.0. The molecule has 0 aliphatic heterocycles. The molecule has 0 atom stereocenters. The van der Waals surface area contributed by atoms with Crippen LogP contribution in [0.1, 0.15) is 39.3 Å². The lowest BCUT2D eigenvalue weighted by molar-refractivity contribution is -0.136. The highest BCUT2D eigenvalue weighted by atomic mass is 16.4. The van der Waals surface area contributed by atoms with Crippen LogP contribution >= 0.6 is 0 Å². The van der Waals surface area contributed by atoms with Gasteiger partial charge in [-0.25, -0.2) is 0 Å². The Morgan fingerprint density at radius 1 is 1.14 bits per heavy atom. The molecular formula is C17H20N2O3. The van der Waals surface area contributed by atoms with E-state index in [1.54, 1.807) is 0 Å². The van der Waals surface area contributed by atoms with E-state index in [9.17, 15) is 9.59 Å². The minimum absolute atomic E-state index is 0.0541. The van der Waals surface area contributed by atoms with Crippen LogP contribution in [0.2, 0.25) is 0 Å². The Kier molecular flexibility index (Phi) is 4.65. The molecule has 0 unspecified atom stereocenters. The van der Waals surface area contributed by atoms with Crippen molar-refractivity contribution in [3.05, 3.63) is 52.3 Å². The second-order valence-electron chi connectivity index (χ2n) is 5.44. The van der Waals surface area contributed by atoms with E-state index in [0.29, 0.717) is 12.1 Å². The molecule has 2 rings (SSSR count). The Labute approximate surface area is 129 Å². The van der Waals surface area contributed by atoms with Crippen LogP contribution in [0.15, 0.2) is 24.3 Å². The predicted octanol–water partition coefficient (Wildman–Crippen LogP) is 3.21. The Balaban J connectivity index is 2.17. The van der Waals surface area contributed by atoms with Crippen molar-refractivity contribution in [1.82, 2.24) is 4.98 Å². The summed E-state index contributed by atoms with van der Waals surface area (Å²) in [5, 5.41) is 11.6. The number of carbonyl (C=O) groups excluding carboxylic acids is 1. The second kappa shape index (κ2) is 6.47. The van der Waals surface area contributed by atoms with Gasteiger partial charge in [0.2, 0.25) is 0 Å². The molecule has 1 aromatic carbocycles. The standard InChI is InChI=1S/C17H20N2O3/c1-10-4-6-13(7-5-10)19-17(22)16-11(2)14(12(3)18-16)8-9-15(20)21/h4-7,18H,8-9H2,1-3H3,(H,19,22)(H,20,21). The normalized spacial score (nSPS) is 10.5. The predicted molar refractivity (Wildman–Crippen MR) is 85.4 cm³/mol. The molecule has 1 aromatic heterocycles. The molecule has 0 radical (unpaired) electrons. The van der Waals surface area contributed by atoms with Crippen molar-refractivity contribution in [1.29, 1.82) is 0 Å². The Hall–Kier alpha value is -2.56. The van der Waals surface area contributed by atoms with Gasteiger partial charge in [0.05, 0.1) is 0 Å². The lowest BCUT2D eigenvalue weighted by Crippen LogP contribution is -2.13. The first-order chi connectivity index (χ1) is 10.4. The van der Waals surface area contributed by atoms with Crippen LogP contribution < -0.4 is 5.32 Å². The fourth-order valence-electron chi connectivity index (χ4n) is 2.45. The SMILES string of the molecule is Cc1ccc(NC(=O)c2[nH]c(C)c(CCC(=O)O)c2C)cc1. The molecule has 1 heterocycles. The Bertz CT molecular complexity index is 699. The van der Waals surface area contributed by atoms with E-state index >= 15 is 0 Å². The largest absolute Gasteiger partial charge is 0.481 e. The zero-order chi connectivity index (χ0) is 16.3. The maximum absolute atomic E-state index is 12.4. The summed E-state index contributed by atoms with van der Waals surface area (Å²) in [7, 11) is 0. The Morgan fingerprint density at radius 3 is 2.36 bits per heavy atom. The molecule has 0 saturated heterocycles. The van der Waals surface area contributed by atoms with E-state index in [1.807, 2.05) is 45.0 Å². The number of hydrogen-bond acceptors (Lipinski definition) is 2. The number of anilines is 1. The van der Waals surface area contributed by atoms with Crippen molar-refractivity contribution < 1.29 is 14.7 Å². The summed E-state index contributed by atoms with van der Waals surface area (Å²) in [5.41, 5.74) is 4.89. The van der Waals surface area contributed by atoms with Gasteiger partial charge in [-0.05, 0) is 50.5 Å². The molecule has 2 aromatic rings. The minimum Gasteiger partial charge on any atom is -0.481 e. The van der Waals surface area contributed by atoms with E-state index < -0.39 is 5.97 Å². The molecule has 0 bridgehead atoms. The van der Waals surface area contributed by atoms with E-state index in [0.717, 1.165) is 28.1 Å². The zero-order valence-electron chi connectivity index (χ0n) is 13.0. The minimum atomic E-state index is -0.842. The molecule has 0 aliphatic carbocycles. The van der Waals surface area contributed by atoms with Crippen LogP contribution in [-0.2, 0) is 11.2 Å². The molecule has 0 saturated carbocycles. The van der Waals surface area contributed by atoms with Crippen molar-refractivity contribution in [3.63, 3.8) is 0 Å². The number of amides is 1. The molecule has 1 amide bonds. The van der Waals surface area contributed by atoms with Gasteiger partial charge >= 0.3 is 5.97 Å². The van der Waals surface area contributed by atoms with Crippen LogP contribution in [0, 0.1) is 20.8 Å². The summed E-state index contributed by atoms with van der Waals surface area (Å²) >= 11 is 0. The smallest absolute Gasteiger partial charge is 0.303 e. The highest BCUT2D eigenvalue weighted by Crippen LogP contribution is 2.21. The van der Waals surface area contributed by atoms with Crippen molar-refractivity contribution in [3.8, 4) is 0 Å². The number of aryl methyl sites for hydroxylation is 2. The number of H-pyrrole nitrogens is 1. The van der Waals surface area contributed by atoms with Gasteiger partial charge in [-0.2, -0.15) is 0 Å². The van der Waals surface area contributed by atoms with Crippen LogP contribution in [0.3, 0.4) is 0 Å². The number of aliphatic carboxylic acids is 1. The fourth-order valence-corrected chi connectivity index (χ4v) is 2.45. The summed E-state index contributed by atoms with van der Waals surface area (Å²) in [6.07, 6.45) is 0.472. The quantitative estimate of drug-likeness (QED) is 0.793. The van der Waals surface area contributed by atoms with E-state index in [-0.39, 0.29) is 12.3 Å². The van der Waals surface area contributed by atoms with Crippen molar-refractivity contribution >= 4 is 17.6 Å². The van der Waals surface area contributed by atoms with Crippen LogP contribution in [0.5, 0.6) is 0 Å². The summed E-state index contributed by atoms with van der Waals surface area (Å²) < 4.78 is 0. The third-order valence-corrected chi connectivity index (χ3v) is 3.72. The molecule has 5 heteroatoms. The highest BCUT2D eigenvalue weighted by molar-refractivity contribution is 6.04. The van der Waals surface area contributed by atoms with Crippen molar-refractivity contribution in [2.75, 3.05) is 5.32 Å². The summed E-state index contributed by atoms with van der Waals surface area (Å²) in [4.78, 5) is 26.1. The van der Waals surface area contributed by atoms with Gasteiger partial charge in [0.15, 0.2) is 0 Å². The number of hydrogen-bond donors (Lipinski definition) is 3. The number of nitrogens with one attached hydrogen (secondary N) is 2. The van der Waals surface area contributed by atoms with E-state index in [4.69, 9.17) is 5.11 Å². The fraction of sp³-hybridized carbons (Fsp3) is 0.294. The molecule has 0 spiro atoms. The molecule has 22 heavy (non-hydrogen) atoms. The first-order valence-electron chi connectivity index (χ1n) is 7.16. The monoisotopic (exact) mass is 300 g/mol. The zero-order valence-corrected chi connectivity index (χ0v) is 13.0. The highest BCUT2D eigenvalue weighted by Gasteiger charge is 2.17. The maximum Gasteiger partial charge on any atom is 0.303 e. The van der Waals surface area contributed by atoms with Gasteiger partial charge in [-0.15, -0.1) is 0 Å². The first kappa shape index (κ1) is 15.8. The second-order valence-corrected chi connectivity index (χ2v) is 5.44. The molecule has 0 fully saturated rings.